The average Bonchev–Trinajstić information content (AvgIpc) is 2.81. The van der Waals surface area contributed by atoms with Gasteiger partial charge in [0.15, 0.2) is 0 Å². The smallest absolute Gasteiger partial charge is 0.121 e. The maximum atomic E-state index is 10.5. The van der Waals surface area contributed by atoms with Crippen LogP contribution in [0.25, 0.3) is 0 Å². The van der Waals surface area contributed by atoms with Crippen LogP contribution in [0, 0.1) is 27.7 Å². The maximum Gasteiger partial charge on any atom is 0.121 e. The van der Waals surface area contributed by atoms with Crippen molar-refractivity contribution in [1.82, 2.24) is 0 Å². The first-order valence-electron chi connectivity index (χ1n) is 12.6. The SMILES string of the molecule is CCCCCCCCC(c1ccc(O)cc1)(c1cc(C)c(O)c(C)c1)c1cc(C)c(O)c(C)c1. The molecule has 3 heteroatoms. The molecule has 182 valence electrons. The third-order valence-corrected chi connectivity index (χ3v) is 7.23. The molecule has 0 radical (unpaired) electrons. The first-order valence-corrected chi connectivity index (χ1v) is 12.6. The van der Waals surface area contributed by atoms with E-state index >= 15 is 0 Å². The van der Waals surface area contributed by atoms with Crippen molar-refractivity contribution in [3.05, 3.63) is 87.5 Å². The van der Waals surface area contributed by atoms with Crippen LogP contribution in [0.3, 0.4) is 0 Å². The second-order valence-corrected chi connectivity index (χ2v) is 9.89. The predicted molar refractivity (Wildman–Crippen MR) is 141 cm³/mol. The number of phenolic OH excluding ortho intramolecular Hbond substituents is 3. The van der Waals surface area contributed by atoms with E-state index in [0.717, 1.165) is 58.2 Å². The summed E-state index contributed by atoms with van der Waals surface area (Å²) in [6, 6.07) is 15.9. The van der Waals surface area contributed by atoms with E-state index in [-0.39, 0.29) is 5.75 Å². The molecule has 0 amide bonds. The molecule has 3 N–H and O–H groups in total. The summed E-state index contributed by atoms with van der Waals surface area (Å²) in [5, 5.41) is 31.1. The van der Waals surface area contributed by atoms with Gasteiger partial charge in [-0.25, -0.2) is 0 Å². The Morgan fingerprint density at radius 3 is 1.41 bits per heavy atom. The average molecular weight is 461 g/mol. The Kier molecular flexibility index (Phi) is 8.30. The van der Waals surface area contributed by atoms with Crippen LogP contribution < -0.4 is 0 Å². The van der Waals surface area contributed by atoms with Crippen molar-refractivity contribution in [2.24, 2.45) is 0 Å². The Hall–Kier alpha value is -2.94. The van der Waals surface area contributed by atoms with Gasteiger partial charge in [-0.1, -0.05) is 81.8 Å². The number of rotatable bonds is 10. The Morgan fingerprint density at radius 1 is 0.559 bits per heavy atom. The van der Waals surface area contributed by atoms with Crippen LogP contribution in [0.4, 0.5) is 0 Å². The highest BCUT2D eigenvalue weighted by Gasteiger charge is 2.37. The van der Waals surface area contributed by atoms with Gasteiger partial charge in [0.1, 0.15) is 17.2 Å². The highest BCUT2D eigenvalue weighted by Crippen LogP contribution is 2.47. The van der Waals surface area contributed by atoms with Crippen molar-refractivity contribution in [2.45, 2.75) is 85.0 Å². The molecule has 0 aromatic heterocycles. The zero-order valence-electron chi connectivity index (χ0n) is 21.4. The molecular formula is C31H40O3. The van der Waals surface area contributed by atoms with Crippen LogP contribution >= 0.6 is 0 Å². The Balaban J connectivity index is 2.24. The van der Waals surface area contributed by atoms with Crippen LogP contribution in [-0.4, -0.2) is 15.3 Å². The summed E-state index contributed by atoms with van der Waals surface area (Å²) in [5.74, 6) is 0.912. The number of hydrogen-bond acceptors (Lipinski definition) is 3. The van der Waals surface area contributed by atoms with E-state index < -0.39 is 5.41 Å². The third kappa shape index (κ3) is 5.24. The fourth-order valence-corrected chi connectivity index (χ4v) is 5.25. The van der Waals surface area contributed by atoms with Gasteiger partial charge in [-0.15, -0.1) is 0 Å². The minimum Gasteiger partial charge on any atom is -0.508 e. The Morgan fingerprint density at radius 2 is 0.971 bits per heavy atom. The normalized spacial score (nSPS) is 11.7. The number of benzene rings is 3. The fourth-order valence-electron chi connectivity index (χ4n) is 5.25. The van der Waals surface area contributed by atoms with Gasteiger partial charge in [-0.3, -0.25) is 0 Å². The molecule has 0 saturated carbocycles. The lowest BCUT2D eigenvalue weighted by molar-refractivity contribution is 0.460. The number of hydrogen-bond donors (Lipinski definition) is 3. The molecule has 3 aromatic rings. The van der Waals surface area contributed by atoms with Crippen molar-refractivity contribution >= 4 is 0 Å². The molecule has 0 atom stereocenters. The number of aryl methyl sites for hydroxylation is 4. The molecule has 0 heterocycles. The van der Waals surface area contributed by atoms with Crippen LogP contribution in [0.2, 0.25) is 0 Å². The van der Waals surface area contributed by atoms with Gasteiger partial charge in [0.05, 0.1) is 0 Å². The molecule has 0 spiro atoms. The van der Waals surface area contributed by atoms with Crippen molar-refractivity contribution in [2.75, 3.05) is 0 Å². The lowest BCUT2D eigenvalue weighted by Gasteiger charge is -2.37. The lowest BCUT2D eigenvalue weighted by atomic mass is 9.65. The van der Waals surface area contributed by atoms with E-state index in [2.05, 4.69) is 31.2 Å². The van der Waals surface area contributed by atoms with Crippen molar-refractivity contribution in [1.29, 1.82) is 0 Å². The number of phenols is 3. The van der Waals surface area contributed by atoms with E-state index in [1.807, 2.05) is 39.8 Å². The summed E-state index contributed by atoms with van der Waals surface area (Å²) >= 11 is 0. The van der Waals surface area contributed by atoms with Gasteiger partial charge in [-0.2, -0.15) is 0 Å². The molecule has 0 aliphatic rings. The summed E-state index contributed by atoms with van der Waals surface area (Å²) in [6.07, 6.45) is 8.11. The highest BCUT2D eigenvalue weighted by atomic mass is 16.3. The first kappa shape index (κ1) is 25.7. The van der Waals surface area contributed by atoms with Crippen molar-refractivity contribution in [3.63, 3.8) is 0 Å². The topological polar surface area (TPSA) is 60.7 Å². The van der Waals surface area contributed by atoms with Gasteiger partial charge in [-0.05, 0) is 85.2 Å². The Bertz CT molecular complexity index is 1010. The van der Waals surface area contributed by atoms with Crippen molar-refractivity contribution in [3.8, 4) is 17.2 Å². The molecular weight excluding hydrogens is 420 g/mol. The first-order chi connectivity index (χ1) is 16.2. The standard InChI is InChI=1S/C31H40O3/c1-6-7-8-9-10-11-16-31(25-12-14-28(32)15-13-25,26-17-21(2)29(33)22(3)18-26)27-19-23(4)30(34)24(5)20-27/h12-15,17-20,32-34H,6-11,16H2,1-5H3. The van der Waals surface area contributed by atoms with Crippen LogP contribution in [-0.2, 0) is 5.41 Å². The van der Waals surface area contributed by atoms with Crippen LogP contribution in [0.1, 0.15) is 90.8 Å². The van der Waals surface area contributed by atoms with E-state index in [0.29, 0.717) is 11.5 Å². The van der Waals surface area contributed by atoms with E-state index in [9.17, 15) is 15.3 Å². The number of aromatic hydroxyl groups is 3. The summed E-state index contributed by atoms with van der Waals surface area (Å²) in [6.45, 7) is 10.0. The third-order valence-electron chi connectivity index (χ3n) is 7.23. The van der Waals surface area contributed by atoms with Crippen LogP contribution in [0.5, 0.6) is 17.2 Å². The van der Waals surface area contributed by atoms with E-state index in [1.54, 1.807) is 12.1 Å². The van der Waals surface area contributed by atoms with Gasteiger partial charge in [0.25, 0.3) is 0 Å². The molecule has 0 bridgehead atoms. The van der Waals surface area contributed by atoms with E-state index in [1.165, 1.54) is 25.7 Å². The quantitative estimate of drug-likeness (QED) is 0.211. The number of unbranched alkanes of at least 4 members (excludes halogenated alkanes) is 5. The molecule has 34 heavy (non-hydrogen) atoms. The summed E-state index contributed by atoms with van der Waals surface area (Å²) in [7, 11) is 0. The molecule has 0 fully saturated rings. The summed E-state index contributed by atoms with van der Waals surface area (Å²) < 4.78 is 0. The lowest BCUT2D eigenvalue weighted by Crippen LogP contribution is -2.30. The van der Waals surface area contributed by atoms with Gasteiger partial charge in [0.2, 0.25) is 0 Å². The maximum absolute atomic E-state index is 10.5. The fraction of sp³-hybridized carbons (Fsp3) is 0.419. The van der Waals surface area contributed by atoms with Gasteiger partial charge >= 0.3 is 0 Å². The minimum atomic E-state index is -0.467. The van der Waals surface area contributed by atoms with Gasteiger partial charge in [0, 0.05) is 5.41 Å². The molecule has 0 saturated heterocycles. The predicted octanol–water partition coefficient (Wildman–Crippen LogP) is 8.12. The summed E-state index contributed by atoms with van der Waals surface area (Å²) in [4.78, 5) is 0. The van der Waals surface area contributed by atoms with Crippen LogP contribution in [0.15, 0.2) is 48.5 Å². The molecule has 3 rings (SSSR count). The summed E-state index contributed by atoms with van der Waals surface area (Å²) in [5.41, 5.74) is 6.31. The van der Waals surface area contributed by atoms with Crippen molar-refractivity contribution < 1.29 is 15.3 Å². The molecule has 0 unspecified atom stereocenters. The molecule has 3 aromatic carbocycles. The molecule has 0 aliphatic carbocycles. The zero-order valence-corrected chi connectivity index (χ0v) is 21.4. The second kappa shape index (κ2) is 11.0. The largest absolute Gasteiger partial charge is 0.508 e. The molecule has 3 nitrogen and oxygen atoms in total. The second-order valence-electron chi connectivity index (χ2n) is 9.89. The zero-order chi connectivity index (χ0) is 24.9. The van der Waals surface area contributed by atoms with Gasteiger partial charge < -0.3 is 15.3 Å². The minimum absolute atomic E-state index is 0.244. The Labute approximate surface area is 205 Å². The molecule has 0 aliphatic heterocycles. The highest BCUT2D eigenvalue weighted by molar-refractivity contribution is 5.58. The monoisotopic (exact) mass is 460 g/mol. The van der Waals surface area contributed by atoms with E-state index in [4.69, 9.17) is 0 Å².